The molecule has 0 fully saturated rings. The van der Waals surface area contributed by atoms with Gasteiger partial charge in [-0.2, -0.15) is 0 Å². The first-order chi connectivity index (χ1) is 8.72. The minimum Gasteiger partial charge on any atom is -0.330 e. The lowest BCUT2D eigenvalue weighted by Crippen LogP contribution is -2.12. The maximum atomic E-state index is 4.35. The molecule has 0 aliphatic rings. The third-order valence-corrected chi connectivity index (χ3v) is 3.45. The second kappa shape index (κ2) is 5.83. The summed E-state index contributed by atoms with van der Waals surface area (Å²) in [6.07, 6.45) is 3.00. The molecular formula is C15H21N3. The molecule has 0 radical (unpaired) electrons. The summed E-state index contributed by atoms with van der Waals surface area (Å²) in [7, 11) is 1.99. The minimum absolute atomic E-state index is 0.909. The van der Waals surface area contributed by atoms with Crippen LogP contribution in [-0.2, 0) is 13.0 Å². The lowest BCUT2D eigenvalue weighted by Gasteiger charge is -2.11. The summed E-state index contributed by atoms with van der Waals surface area (Å²) in [5, 5.41) is 3.20. The van der Waals surface area contributed by atoms with Crippen LogP contribution in [0.2, 0.25) is 0 Å². The largest absolute Gasteiger partial charge is 0.330 e. The molecule has 96 valence electrons. The van der Waals surface area contributed by atoms with Gasteiger partial charge >= 0.3 is 0 Å². The first kappa shape index (κ1) is 12.8. The van der Waals surface area contributed by atoms with Crippen LogP contribution >= 0.6 is 0 Å². The van der Waals surface area contributed by atoms with Gasteiger partial charge in [-0.1, -0.05) is 24.3 Å². The van der Waals surface area contributed by atoms with Gasteiger partial charge < -0.3 is 9.88 Å². The Morgan fingerprint density at radius 2 is 1.89 bits per heavy atom. The number of imidazole rings is 1. The smallest absolute Gasteiger partial charge is 0.0954 e. The fraction of sp³-hybridized carbons (Fsp3) is 0.400. The van der Waals surface area contributed by atoms with Crippen LogP contribution in [0.3, 0.4) is 0 Å². The third-order valence-electron chi connectivity index (χ3n) is 3.45. The first-order valence-corrected chi connectivity index (χ1v) is 6.42. The summed E-state index contributed by atoms with van der Waals surface area (Å²) in [6.45, 7) is 6.10. The second-order valence-electron chi connectivity index (χ2n) is 4.67. The molecule has 3 heteroatoms. The number of benzene rings is 1. The molecule has 1 N–H and O–H groups in total. The molecule has 0 aliphatic carbocycles. The molecule has 2 rings (SSSR count). The van der Waals surface area contributed by atoms with Gasteiger partial charge in [0, 0.05) is 12.2 Å². The number of hydrogen-bond donors (Lipinski definition) is 1. The maximum absolute atomic E-state index is 4.35. The Kier molecular flexibility index (Phi) is 4.15. The summed E-state index contributed by atoms with van der Waals surface area (Å²) < 4.78 is 2.22. The van der Waals surface area contributed by atoms with E-state index in [1.165, 1.54) is 16.8 Å². The van der Waals surface area contributed by atoms with Crippen molar-refractivity contribution in [3.05, 3.63) is 53.1 Å². The summed E-state index contributed by atoms with van der Waals surface area (Å²) in [6, 6.07) is 8.64. The van der Waals surface area contributed by atoms with E-state index >= 15 is 0 Å². The molecule has 0 atom stereocenters. The van der Waals surface area contributed by atoms with Crippen LogP contribution in [0.1, 0.15) is 22.5 Å². The van der Waals surface area contributed by atoms with Crippen molar-refractivity contribution in [2.45, 2.75) is 26.8 Å². The fourth-order valence-corrected chi connectivity index (χ4v) is 2.10. The van der Waals surface area contributed by atoms with E-state index in [1.54, 1.807) is 0 Å². The molecule has 3 nitrogen and oxygen atoms in total. The van der Waals surface area contributed by atoms with E-state index in [4.69, 9.17) is 0 Å². The van der Waals surface area contributed by atoms with E-state index in [9.17, 15) is 0 Å². The monoisotopic (exact) mass is 243 g/mol. The van der Waals surface area contributed by atoms with E-state index in [2.05, 4.69) is 53.0 Å². The van der Waals surface area contributed by atoms with Crippen molar-refractivity contribution in [2.24, 2.45) is 0 Å². The highest BCUT2D eigenvalue weighted by Gasteiger charge is 2.06. The van der Waals surface area contributed by atoms with Crippen molar-refractivity contribution in [3.63, 3.8) is 0 Å². The van der Waals surface area contributed by atoms with Gasteiger partial charge in [0.15, 0.2) is 0 Å². The Morgan fingerprint density at radius 1 is 1.17 bits per heavy atom. The second-order valence-corrected chi connectivity index (χ2v) is 4.67. The van der Waals surface area contributed by atoms with E-state index in [-0.39, 0.29) is 0 Å². The van der Waals surface area contributed by atoms with Crippen LogP contribution in [-0.4, -0.2) is 23.1 Å². The zero-order valence-corrected chi connectivity index (χ0v) is 11.4. The van der Waals surface area contributed by atoms with Crippen molar-refractivity contribution in [2.75, 3.05) is 13.6 Å². The van der Waals surface area contributed by atoms with Gasteiger partial charge in [-0.3, -0.25) is 0 Å². The van der Waals surface area contributed by atoms with Crippen LogP contribution in [0.15, 0.2) is 30.6 Å². The Hall–Kier alpha value is -1.61. The Labute approximate surface area is 109 Å². The molecule has 0 saturated heterocycles. The van der Waals surface area contributed by atoms with E-state index < -0.39 is 0 Å². The maximum Gasteiger partial charge on any atom is 0.0954 e. The predicted octanol–water partition coefficient (Wildman–Crippen LogP) is 2.31. The highest BCUT2D eigenvalue weighted by Crippen LogP contribution is 2.13. The van der Waals surface area contributed by atoms with Crippen LogP contribution in [0.25, 0.3) is 0 Å². The summed E-state index contributed by atoms with van der Waals surface area (Å²) in [4.78, 5) is 4.35. The normalized spacial score (nSPS) is 10.8. The summed E-state index contributed by atoms with van der Waals surface area (Å²) in [5.74, 6) is 0. The number of aromatic nitrogens is 2. The molecule has 0 saturated carbocycles. The number of hydrogen-bond acceptors (Lipinski definition) is 2. The average molecular weight is 243 g/mol. The molecule has 0 bridgehead atoms. The van der Waals surface area contributed by atoms with Crippen molar-refractivity contribution >= 4 is 0 Å². The van der Waals surface area contributed by atoms with Gasteiger partial charge in [0.05, 0.1) is 12.0 Å². The lowest BCUT2D eigenvalue weighted by atomic mass is 10.0. The topological polar surface area (TPSA) is 29.9 Å². The SMILES string of the molecule is CNCCc1ccccc1Cn1cnc(C)c1C. The van der Waals surface area contributed by atoms with E-state index in [0.717, 1.165) is 25.2 Å². The Morgan fingerprint density at radius 3 is 2.50 bits per heavy atom. The standard InChI is InChI=1S/C15H21N3/c1-12-13(2)18(11-17-12)10-15-7-5-4-6-14(15)8-9-16-3/h4-7,11,16H,8-10H2,1-3H3. The molecule has 2 aromatic rings. The molecule has 1 aromatic carbocycles. The number of aryl methyl sites for hydroxylation is 1. The van der Waals surface area contributed by atoms with Gasteiger partial charge in [0.25, 0.3) is 0 Å². The highest BCUT2D eigenvalue weighted by atomic mass is 15.0. The average Bonchev–Trinajstić information content (AvgIpc) is 2.70. The Balaban J connectivity index is 2.20. The van der Waals surface area contributed by atoms with Crippen molar-refractivity contribution in [3.8, 4) is 0 Å². The zero-order valence-electron chi connectivity index (χ0n) is 11.4. The van der Waals surface area contributed by atoms with E-state index in [1.807, 2.05) is 13.4 Å². The van der Waals surface area contributed by atoms with Crippen LogP contribution in [0, 0.1) is 13.8 Å². The first-order valence-electron chi connectivity index (χ1n) is 6.42. The third kappa shape index (κ3) is 2.79. The molecule has 0 spiro atoms. The van der Waals surface area contributed by atoms with Gasteiger partial charge in [-0.25, -0.2) is 4.98 Å². The minimum atomic E-state index is 0.909. The molecule has 1 heterocycles. The van der Waals surface area contributed by atoms with E-state index in [0.29, 0.717) is 0 Å². The number of likely N-dealkylation sites (N-methyl/N-ethyl adjacent to an activating group) is 1. The predicted molar refractivity (Wildman–Crippen MR) is 74.9 cm³/mol. The van der Waals surface area contributed by atoms with Crippen molar-refractivity contribution in [1.29, 1.82) is 0 Å². The summed E-state index contributed by atoms with van der Waals surface area (Å²) in [5.41, 5.74) is 5.16. The van der Waals surface area contributed by atoms with Gasteiger partial charge in [-0.15, -0.1) is 0 Å². The number of rotatable bonds is 5. The number of nitrogens with zero attached hydrogens (tertiary/aromatic N) is 2. The summed E-state index contributed by atoms with van der Waals surface area (Å²) >= 11 is 0. The fourth-order valence-electron chi connectivity index (χ4n) is 2.10. The Bertz CT molecular complexity index is 514. The van der Waals surface area contributed by atoms with Crippen LogP contribution in [0.4, 0.5) is 0 Å². The van der Waals surface area contributed by atoms with Crippen LogP contribution < -0.4 is 5.32 Å². The molecule has 0 unspecified atom stereocenters. The highest BCUT2D eigenvalue weighted by molar-refractivity contribution is 5.28. The zero-order chi connectivity index (χ0) is 13.0. The molecule has 0 aliphatic heterocycles. The molecule has 1 aromatic heterocycles. The van der Waals surface area contributed by atoms with Crippen molar-refractivity contribution < 1.29 is 0 Å². The van der Waals surface area contributed by atoms with Crippen LogP contribution in [0.5, 0.6) is 0 Å². The molecule has 18 heavy (non-hydrogen) atoms. The van der Waals surface area contributed by atoms with Gasteiger partial charge in [-0.05, 0) is 45.0 Å². The van der Waals surface area contributed by atoms with Gasteiger partial charge in [0.2, 0.25) is 0 Å². The quantitative estimate of drug-likeness (QED) is 0.873. The van der Waals surface area contributed by atoms with Crippen molar-refractivity contribution in [1.82, 2.24) is 14.9 Å². The number of nitrogens with one attached hydrogen (secondary N) is 1. The van der Waals surface area contributed by atoms with Gasteiger partial charge in [0.1, 0.15) is 0 Å². The molecule has 0 amide bonds. The molecular weight excluding hydrogens is 222 g/mol. The lowest BCUT2D eigenvalue weighted by molar-refractivity contribution is 0.741.